The summed E-state index contributed by atoms with van der Waals surface area (Å²) in [5.74, 6) is 2.47. The Morgan fingerprint density at radius 1 is 1.25 bits per heavy atom. The summed E-state index contributed by atoms with van der Waals surface area (Å²) in [6.07, 6.45) is 2.05. The number of aliphatic hydroxyl groups is 1. The second-order valence-corrected chi connectivity index (χ2v) is 4.66. The average Bonchev–Trinajstić information content (AvgIpc) is 2.39. The number of hydrogen-bond acceptors (Lipinski definition) is 6. The molecule has 1 aromatic heterocycles. The summed E-state index contributed by atoms with van der Waals surface area (Å²) in [5, 5.41) is 16.0. The number of nitrogens with one attached hydrogen (secondary N) is 2. The van der Waals surface area contributed by atoms with Gasteiger partial charge in [0, 0.05) is 32.7 Å². The van der Waals surface area contributed by atoms with E-state index >= 15 is 0 Å². The van der Waals surface area contributed by atoms with Crippen molar-refractivity contribution in [2.24, 2.45) is 0 Å². The highest BCUT2D eigenvalue weighted by Gasteiger charge is 2.06. The number of nitrogens with zero attached hydrogens (tertiary/aromatic N) is 2. The van der Waals surface area contributed by atoms with Gasteiger partial charge in [0.15, 0.2) is 0 Å². The monoisotopic (exact) mass is 282 g/mol. The van der Waals surface area contributed by atoms with Crippen molar-refractivity contribution in [2.45, 2.75) is 39.2 Å². The SMILES string of the molecule is CCCc1nc(NCC)cc(NCCC(O)COC)n1. The van der Waals surface area contributed by atoms with Crippen molar-refractivity contribution in [3.8, 4) is 0 Å². The van der Waals surface area contributed by atoms with Crippen LogP contribution >= 0.6 is 0 Å². The Morgan fingerprint density at radius 3 is 2.55 bits per heavy atom. The third kappa shape index (κ3) is 6.16. The first-order valence-corrected chi connectivity index (χ1v) is 7.22. The Balaban J connectivity index is 2.58. The molecule has 20 heavy (non-hydrogen) atoms. The fourth-order valence-electron chi connectivity index (χ4n) is 1.84. The molecule has 0 saturated heterocycles. The van der Waals surface area contributed by atoms with Gasteiger partial charge in [0.2, 0.25) is 0 Å². The summed E-state index contributed by atoms with van der Waals surface area (Å²) in [6.45, 7) is 5.98. The predicted octanol–water partition coefficient (Wildman–Crippen LogP) is 1.67. The number of hydrogen-bond donors (Lipinski definition) is 3. The van der Waals surface area contributed by atoms with Crippen LogP contribution in [-0.2, 0) is 11.2 Å². The first kappa shape index (κ1) is 16.7. The van der Waals surface area contributed by atoms with Crippen LogP contribution in [0.4, 0.5) is 11.6 Å². The number of ether oxygens (including phenoxy) is 1. The average molecular weight is 282 g/mol. The van der Waals surface area contributed by atoms with Gasteiger partial charge in [-0.05, 0) is 19.8 Å². The van der Waals surface area contributed by atoms with Gasteiger partial charge in [-0.3, -0.25) is 0 Å². The molecule has 3 N–H and O–H groups in total. The van der Waals surface area contributed by atoms with Gasteiger partial charge in [-0.15, -0.1) is 0 Å². The lowest BCUT2D eigenvalue weighted by Gasteiger charge is -2.12. The first-order chi connectivity index (χ1) is 9.69. The number of aromatic nitrogens is 2. The summed E-state index contributed by atoms with van der Waals surface area (Å²) in [5.41, 5.74) is 0. The molecule has 0 spiro atoms. The molecule has 1 rings (SSSR count). The molecule has 0 aliphatic rings. The van der Waals surface area contributed by atoms with Crippen LogP contribution in [0.3, 0.4) is 0 Å². The molecule has 0 aromatic carbocycles. The Kier molecular flexibility index (Phi) is 7.91. The van der Waals surface area contributed by atoms with Crippen molar-refractivity contribution in [1.29, 1.82) is 0 Å². The zero-order valence-electron chi connectivity index (χ0n) is 12.6. The number of aliphatic hydroxyl groups excluding tert-OH is 1. The molecule has 0 aliphatic heterocycles. The van der Waals surface area contributed by atoms with Crippen LogP contribution in [0.2, 0.25) is 0 Å². The largest absolute Gasteiger partial charge is 0.391 e. The van der Waals surface area contributed by atoms with Crippen LogP contribution in [0.25, 0.3) is 0 Å². The Labute approximate surface area is 121 Å². The van der Waals surface area contributed by atoms with Crippen molar-refractivity contribution < 1.29 is 9.84 Å². The van der Waals surface area contributed by atoms with Gasteiger partial charge in [0.25, 0.3) is 0 Å². The number of aryl methyl sites for hydroxylation is 1. The summed E-state index contributed by atoms with van der Waals surface area (Å²) in [4.78, 5) is 8.93. The van der Waals surface area contributed by atoms with Crippen LogP contribution in [0.5, 0.6) is 0 Å². The van der Waals surface area contributed by atoms with Gasteiger partial charge in [-0.25, -0.2) is 9.97 Å². The van der Waals surface area contributed by atoms with Crippen molar-refractivity contribution in [1.82, 2.24) is 9.97 Å². The molecule has 0 radical (unpaired) electrons. The summed E-state index contributed by atoms with van der Waals surface area (Å²) >= 11 is 0. The Bertz CT molecular complexity index is 363. The van der Waals surface area contributed by atoms with Crippen molar-refractivity contribution in [2.75, 3.05) is 37.4 Å². The molecule has 1 heterocycles. The van der Waals surface area contributed by atoms with Gasteiger partial charge in [0.1, 0.15) is 17.5 Å². The molecule has 6 heteroatoms. The molecule has 1 unspecified atom stereocenters. The molecule has 1 atom stereocenters. The van der Waals surface area contributed by atoms with Crippen molar-refractivity contribution in [3.05, 3.63) is 11.9 Å². The standard InChI is InChI=1S/C14H26N4O2/c1-4-6-12-17-13(15-5-2)9-14(18-12)16-8-7-11(19)10-20-3/h9,11,19H,4-8,10H2,1-3H3,(H2,15,16,17,18). The summed E-state index contributed by atoms with van der Waals surface area (Å²) in [7, 11) is 1.58. The van der Waals surface area contributed by atoms with Crippen LogP contribution in [0.15, 0.2) is 6.07 Å². The van der Waals surface area contributed by atoms with E-state index in [0.29, 0.717) is 19.6 Å². The maximum absolute atomic E-state index is 9.59. The molecule has 6 nitrogen and oxygen atoms in total. The van der Waals surface area contributed by atoms with E-state index < -0.39 is 6.10 Å². The molecule has 0 saturated carbocycles. The van der Waals surface area contributed by atoms with Gasteiger partial charge < -0.3 is 20.5 Å². The molecular formula is C14H26N4O2. The fraction of sp³-hybridized carbons (Fsp3) is 0.714. The molecule has 0 fully saturated rings. The zero-order valence-corrected chi connectivity index (χ0v) is 12.6. The summed E-state index contributed by atoms with van der Waals surface area (Å²) < 4.78 is 4.90. The third-order valence-electron chi connectivity index (χ3n) is 2.75. The summed E-state index contributed by atoms with van der Waals surface area (Å²) in [6, 6.07) is 1.89. The van der Waals surface area contributed by atoms with E-state index in [1.165, 1.54) is 0 Å². The van der Waals surface area contributed by atoms with E-state index in [2.05, 4.69) is 27.5 Å². The van der Waals surface area contributed by atoms with Gasteiger partial charge >= 0.3 is 0 Å². The first-order valence-electron chi connectivity index (χ1n) is 7.22. The van der Waals surface area contributed by atoms with Gasteiger partial charge in [-0.2, -0.15) is 0 Å². The van der Waals surface area contributed by atoms with Crippen LogP contribution in [-0.4, -0.2) is 48.0 Å². The number of rotatable bonds is 10. The lowest BCUT2D eigenvalue weighted by molar-refractivity contribution is 0.0615. The van der Waals surface area contributed by atoms with Crippen molar-refractivity contribution in [3.63, 3.8) is 0 Å². The topological polar surface area (TPSA) is 79.3 Å². The highest BCUT2D eigenvalue weighted by molar-refractivity contribution is 5.47. The van der Waals surface area contributed by atoms with E-state index in [0.717, 1.165) is 36.8 Å². The normalized spacial score (nSPS) is 12.2. The van der Waals surface area contributed by atoms with Crippen LogP contribution in [0, 0.1) is 0 Å². The molecule has 114 valence electrons. The predicted molar refractivity (Wildman–Crippen MR) is 81.2 cm³/mol. The van der Waals surface area contributed by atoms with E-state index in [1.807, 2.05) is 13.0 Å². The van der Waals surface area contributed by atoms with Crippen molar-refractivity contribution >= 4 is 11.6 Å². The minimum atomic E-state index is -0.447. The number of methoxy groups -OCH3 is 1. The lowest BCUT2D eigenvalue weighted by Crippen LogP contribution is -2.19. The smallest absolute Gasteiger partial charge is 0.133 e. The quantitative estimate of drug-likeness (QED) is 0.606. The molecule has 0 amide bonds. The minimum Gasteiger partial charge on any atom is -0.391 e. The van der Waals surface area contributed by atoms with E-state index in [9.17, 15) is 5.11 Å². The Morgan fingerprint density at radius 2 is 1.95 bits per heavy atom. The number of anilines is 2. The minimum absolute atomic E-state index is 0.356. The fourth-order valence-corrected chi connectivity index (χ4v) is 1.84. The molecule has 1 aromatic rings. The van der Waals surface area contributed by atoms with Gasteiger partial charge in [0.05, 0.1) is 12.7 Å². The zero-order chi connectivity index (χ0) is 14.8. The lowest BCUT2D eigenvalue weighted by atomic mass is 10.2. The molecule has 0 aliphatic carbocycles. The Hall–Kier alpha value is -1.40. The molecular weight excluding hydrogens is 256 g/mol. The van der Waals surface area contributed by atoms with Gasteiger partial charge in [-0.1, -0.05) is 6.92 Å². The second kappa shape index (κ2) is 9.50. The molecule has 0 bridgehead atoms. The highest BCUT2D eigenvalue weighted by atomic mass is 16.5. The second-order valence-electron chi connectivity index (χ2n) is 4.66. The van der Waals surface area contributed by atoms with E-state index in [4.69, 9.17) is 4.74 Å². The van der Waals surface area contributed by atoms with E-state index in [-0.39, 0.29) is 0 Å². The third-order valence-corrected chi connectivity index (χ3v) is 2.75. The van der Waals surface area contributed by atoms with E-state index in [1.54, 1.807) is 7.11 Å². The maximum Gasteiger partial charge on any atom is 0.133 e. The van der Waals surface area contributed by atoms with Crippen LogP contribution in [0.1, 0.15) is 32.5 Å². The van der Waals surface area contributed by atoms with Crippen LogP contribution < -0.4 is 10.6 Å². The highest BCUT2D eigenvalue weighted by Crippen LogP contribution is 2.12. The maximum atomic E-state index is 9.59.